The standard InChI is InChI=1S/C3H8NO5P.C2H6O/c5-3(6)1-4-2-10(7,8)9;1-2-3/h4H,1-2H2,(H,5,6)(H2,7,8,9);3H,2H2,1H3. The second kappa shape index (κ2) is 8.15. The van der Waals surface area contributed by atoms with Crippen LogP contribution in [0.1, 0.15) is 6.92 Å². The maximum absolute atomic E-state index is 10.1. The van der Waals surface area contributed by atoms with E-state index in [2.05, 4.69) is 5.32 Å². The van der Waals surface area contributed by atoms with Crippen molar-refractivity contribution in [2.45, 2.75) is 6.92 Å². The zero-order valence-corrected chi connectivity index (χ0v) is 8.07. The van der Waals surface area contributed by atoms with Crippen LogP contribution in [0.25, 0.3) is 0 Å². The van der Waals surface area contributed by atoms with Crippen LogP contribution in [-0.2, 0) is 9.36 Å². The Bertz CT molecular complexity index is 178. The van der Waals surface area contributed by atoms with Crippen LogP contribution >= 0.6 is 7.60 Å². The van der Waals surface area contributed by atoms with Crippen LogP contribution in [0.3, 0.4) is 0 Å². The fourth-order valence-electron chi connectivity index (χ4n) is 0.308. The highest BCUT2D eigenvalue weighted by Gasteiger charge is 2.11. The van der Waals surface area contributed by atoms with Gasteiger partial charge in [0.25, 0.3) is 0 Å². The summed E-state index contributed by atoms with van der Waals surface area (Å²) in [5, 5.41) is 17.6. The van der Waals surface area contributed by atoms with E-state index >= 15 is 0 Å². The summed E-state index contributed by atoms with van der Waals surface area (Å²) >= 11 is 0. The predicted molar refractivity (Wildman–Crippen MR) is 45.3 cm³/mol. The maximum Gasteiger partial charge on any atom is 0.339 e. The van der Waals surface area contributed by atoms with Gasteiger partial charge in [0.15, 0.2) is 0 Å². The highest BCUT2D eigenvalue weighted by molar-refractivity contribution is 7.51. The highest BCUT2D eigenvalue weighted by atomic mass is 31.2. The van der Waals surface area contributed by atoms with E-state index in [0.717, 1.165) is 0 Å². The first kappa shape index (κ1) is 15.0. The van der Waals surface area contributed by atoms with Gasteiger partial charge >= 0.3 is 13.6 Å². The third-order valence-electron chi connectivity index (χ3n) is 0.594. The molecule has 0 fully saturated rings. The summed E-state index contributed by atoms with van der Waals surface area (Å²) in [5.74, 6) is -1.14. The first-order valence-electron chi connectivity index (χ1n) is 3.41. The third-order valence-corrected chi connectivity index (χ3v) is 1.23. The topological polar surface area (TPSA) is 127 Å². The molecule has 0 amide bonds. The predicted octanol–water partition coefficient (Wildman–Crippen LogP) is -1.21. The molecule has 0 atom stereocenters. The van der Waals surface area contributed by atoms with E-state index in [-0.39, 0.29) is 6.61 Å². The van der Waals surface area contributed by atoms with E-state index in [0.29, 0.717) is 0 Å². The molecule has 0 aliphatic carbocycles. The quantitative estimate of drug-likeness (QED) is 0.372. The van der Waals surface area contributed by atoms with E-state index in [4.69, 9.17) is 20.0 Å². The van der Waals surface area contributed by atoms with Crippen molar-refractivity contribution in [3.05, 3.63) is 0 Å². The molecular formula is C5H14NO6P. The van der Waals surface area contributed by atoms with Crippen molar-refractivity contribution in [1.29, 1.82) is 0 Å². The smallest absolute Gasteiger partial charge is 0.339 e. The number of hydrogen-bond donors (Lipinski definition) is 5. The van der Waals surface area contributed by atoms with Crippen LogP contribution in [0, 0.1) is 0 Å². The van der Waals surface area contributed by atoms with Crippen LogP contribution in [0.2, 0.25) is 0 Å². The number of hydrogen-bond acceptors (Lipinski definition) is 4. The van der Waals surface area contributed by atoms with E-state index < -0.39 is 26.4 Å². The second-order valence-corrected chi connectivity index (χ2v) is 3.61. The van der Waals surface area contributed by atoms with Crippen molar-refractivity contribution in [3.8, 4) is 0 Å². The number of carbonyl (C=O) groups is 1. The number of aliphatic hydroxyl groups is 1. The van der Waals surface area contributed by atoms with Gasteiger partial charge in [0.1, 0.15) is 0 Å². The minimum atomic E-state index is -4.10. The third kappa shape index (κ3) is 24.6. The van der Waals surface area contributed by atoms with E-state index in [1.807, 2.05) is 0 Å². The Morgan fingerprint density at radius 3 is 2.08 bits per heavy atom. The van der Waals surface area contributed by atoms with E-state index in [9.17, 15) is 9.36 Å². The van der Waals surface area contributed by atoms with Crippen LogP contribution in [0.4, 0.5) is 0 Å². The summed E-state index contributed by atoms with van der Waals surface area (Å²) in [6.07, 6.45) is -0.598. The Balaban J connectivity index is 0. The van der Waals surface area contributed by atoms with Crippen LogP contribution in [0.15, 0.2) is 0 Å². The lowest BCUT2D eigenvalue weighted by atomic mass is 10.7. The largest absolute Gasteiger partial charge is 0.480 e. The average molecular weight is 215 g/mol. The molecule has 7 nitrogen and oxygen atoms in total. The van der Waals surface area contributed by atoms with Crippen molar-refractivity contribution in [3.63, 3.8) is 0 Å². The summed E-state index contributed by atoms with van der Waals surface area (Å²) in [6.45, 7) is 1.49. The first-order valence-corrected chi connectivity index (χ1v) is 5.21. The van der Waals surface area contributed by atoms with Gasteiger partial charge in [-0.2, -0.15) is 0 Å². The zero-order chi connectivity index (χ0) is 10.9. The molecule has 5 N–H and O–H groups in total. The normalized spacial score (nSPS) is 10.2. The molecule has 0 heterocycles. The number of carboxylic acids is 1. The molecule has 0 rings (SSSR count). The molecule has 0 aromatic rings. The fraction of sp³-hybridized carbons (Fsp3) is 0.800. The van der Waals surface area contributed by atoms with Gasteiger partial charge in [-0.1, -0.05) is 0 Å². The van der Waals surface area contributed by atoms with Gasteiger partial charge in [-0.15, -0.1) is 0 Å². The number of aliphatic carboxylic acids is 1. The van der Waals surface area contributed by atoms with Crippen LogP contribution < -0.4 is 5.32 Å². The van der Waals surface area contributed by atoms with Gasteiger partial charge in [-0.05, 0) is 6.92 Å². The lowest BCUT2D eigenvalue weighted by Gasteiger charge is -2.02. The molecule has 80 valence electrons. The Kier molecular flexibility index (Phi) is 9.43. The van der Waals surface area contributed by atoms with Gasteiger partial charge in [-0.25, -0.2) is 0 Å². The summed E-state index contributed by atoms with van der Waals surface area (Å²) in [6, 6.07) is 0. The number of carboxylic acid groups (broad SMARTS) is 1. The summed E-state index contributed by atoms with van der Waals surface area (Å²) in [5.41, 5.74) is 0. The maximum atomic E-state index is 10.1. The number of nitrogens with one attached hydrogen (secondary N) is 1. The van der Waals surface area contributed by atoms with Crippen molar-refractivity contribution in [1.82, 2.24) is 5.32 Å². The summed E-state index contributed by atoms with van der Waals surface area (Å²) in [7, 11) is -4.10. The van der Waals surface area contributed by atoms with Gasteiger partial charge in [-0.3, -0.25) is 14.7 Å². The average Bonchev–Trinajstić information content (AvgIpc) is 1.84. The number of aliphatic hydroxyl groups excluding tert-OH is 1. The van der Waals surface area contributed by atoms with E-state index in [1.165, 1.54) is 0 Å². The Labute approximate surface area is 75.6 Å². The van der Waals surface area contributed by atoms with Crippen LogP contribution in [0.5, 0.6) is 0 Å². The molecule has 0 saturated carbocycles. The van der Waals surface area contributed by atoms with Crippen molar-refractivity contribution in [2.24, 2.45) is 0 Å². The molecule has 0 unspecified atom stereocenters. The van der Waals surface area contributed by atoms with Crippen molar-refractivity contribution in [2.75, 3.05) is 19.4 Å². The Morgan fingerprint density at radius 1 is 1.46 bits per heavy atom. The SMILES string of the molecule is CCO.O=C(O)CNCP(=O)(O)O. The minimum absolute atomic E-state index is 0.250. The Morgan fingerprint density at radius 2 is 1.85 bits per heavy atom. The van der Waals surface area contributed by atoms with Crippen molar-refractivity contribution >= 4 is 13.6 Å². The molecule has 13 heavy (non-hydrogen) atoms. The van der Waals surface area contributed by atoms with Gasteiger partial charge < -0.3 is 20.0 Å². The van der Waals surface area contributed by atoms with Gasteiger partial charge in [0.05, 0.1) is 12.8 Å². The van der Waals surface area contributed by atoms with E-state index in [1.54, 1.807) is 6.92 Å². The lowest BCUT2D eigenvalue weighted by Crippen LogP contribution is -2.23. The molecule has 0 aromatic heterocycles. The Hall–Kier alpha value is -0.460. The molecule has 0 aromatic carbocycles. The van der Waals surface area contributed by atoms with Crippen LogP contribution in [-0.4, -0.2) is 45.4 Å². The number of rotatable bonds is 4. The minimum Gasteiger partial charge on any atom is -0.480 e. The van der Waals surface area contributed by atoms with Gasteiger partial charge in [0, 0.05) is 6.61 Å². The first-order chi connectivity index (χ1) is 5.83. The second-order valence-electron chi connectivity index (χ2n) is 1.96. The zero-order valence-electron chi connectivity index (χ0n) is 7.17. The molecule has 0 spiro atoms. The molecule has 0 aliphatic heterocycles. The molecule has 0 bridgehead atoms. The molecule has 0 aliphatic rings. The molecular weight excluding hydrogens is 201 g/mol. The lowest BCUT2D eigenvalue weighted by molar-refractivity contribution is -0.135. The monoisotopic (exact) mass is 215 g/mol. The molecule has 0 saturated heterocycles. The fourth-order valence-corrected chi connectivity index (χ4v) is 0.712. The summed E-state index contributed by atoms with van der Waals surface area (Å²) in [4.78, 5) is 26.1. The highest BCUT2D eigenvalue weighted by Crippen LogP contribution is 2.31. The van der Waals surface area contributed by atoms with Crippen molar-refractivity contribution < 1.29 is 29.4 Å². The van der Waals surface area contributed by atoms with Gasteiger partial charge in [0.2, 0.25) is 0 Å². The summed E-state index contributed by atoms with van der Waals surface area (Å²) < 4.78 is 10.1. The molecule has 0 radical (unpaired) electrons. The molecule has 8 heteroatoms.